The largest absolute Gasteiger partial charge is 0.387 e. The molecule has 5 atom stereocenters. The number of rotatable bonds is 12. The number of thioether (sulfide) groups is 1. The molecular formula is C25H32O5S. The van der Waals surface area contributed by atoms with Crippen LogP contribution < -0.4 is 0 Å². The van der Waals surface area contributed by atoms with Gasteiger partial charge in [-0.1, -0.05) is 73.7 Å². The van der Waals surface area contributed by atoms with E-state index >= 15 is 0 Å². The zero-order valence-corrected chi connectivity index (χ0v) is 18.8. The molecule has 2 unspecified atom stereocenters. The molecule has 0 saturated carbocycles. The van der Waals surface area contributed by atoms with Crippen LogP contribution in [0.15, 0.2) is 73.3 Å². The van der Waals surface area contributed by atoms with Gasteiger partial charge >= 0.3 is 0 Å². The van der Waals surface area contributed by atoms with Gasteiger partial charge in [-0.05, 0) is 16.9 Å². The van der Waals surface area contributed by atoms with Crippen LogP contribution in [0.3, 0.4) is 0 Å². The fourth-order valence-corrected chi connectivity index (χ4v) is 4.44. The minimum absolute atomic E-state index is 0.327. The Labute approximate surface area is 189 Å². The monoisotopic (exact) mass is 444 g/mol. The van der Waals surface area contributed by atoms with Gasteiger partial charge in [-0.15, -0.1) is 18.3 Å². The van der Waals surface area contributed by atoms with Gasteiger partial charge in [0.05, 0.1) is 26.4 Å². The molecule has 31 heavy (non-hydrogen) atoms. The SMILES string of the molecule is C=CCO[C@@H]1C(O)[C@H](SCC)OC(COCc2ccccc2)[C@H]1OCc1ccccc1. The molecule has 0 aliphatic carbocycles. The van der Waals surface area contributed by atoms with Crippen LogP contribution in [0.25, 0.3) is 0 Å². The average molecular weight is 445 g/mol. The molecule has 0 aromatic heterocycles. The molecule has 1 aliphatic heterocycles. The molecule has 0 bridgehead atoms. The van der Waals surface area contributed by atoms with Gasteiger partial charge in [0.15, 0.2) is 0 Å². The lowest BCUT2D eigenvalue weighted by molar-refractivity contribution is -0.238. The van der Waals surface area contributed by atoms with Crippen molar-refractivity contribution in [3.63, 3.8) is 0 Å². The number of hydrogen-bond donors (Lipinski definition) is 1. The number of ether oxygens (including phenoxy) is 4. The molecule has 168 valence electrons. The Morgan fingerprint density at radius 2 is 1.61 bits per heavy atom. The van der Waals surface area contributed by atoms with Crippen molar-refractivity contribution in [3.05, 3.63) is 84.4 Å². The first-order valence-corrected chi connectivity index (χ1v) is 11.7. The summed E-state index contributed by atoms with van der Waals surface area (Å²) in [5.41, 5.74) is 1.74. The standard InChI is InChI=1S/C25H32O5S/c1-3-15-28-24-22(26)25(31-4-2)30-21(18-27-16-19-11-7-5-8-12-19)23(24)29-17-20-13-9-6-10-14-20/h3,5-14,21-26H,1,4,15-18H2,2H3/t21?,22?,23-,24-,25+/m1/s1. The second-order valence-corrected chi connectivity index (χ2v) is 8.71. The fourth-order valence-electron chi connectivity index (χ4n) is 3.54. The maximum absolute atomic E-state index is 10.9. The van der Waals surface area contributed by atoms with Gasteiger partial charge in [0.1, 0.15) is 29.9 Å². The first-order valence-electron chi connectivity index (χ1n) is 10.7. The van der Waals surface area contributed by atoms with Crippen LogP contribution in [0.5, 0.6) is 0 Å². The van der Waals surface area contributed by atoms with E-state index in [9.17, 15) is 5.11 Å². The van der Waals surface area contributed by atoms with E-state index in [0.717, 1.165) is 16.9 Å². The molecule has 2 aromatic rings. The predicted octanol–water partition coefficient (Wildman–Crippen LogP) is 4.20. The Bertz CT molecular complexity index is 757. The summed E-state index contributed by atoms with van der Waals surface area (Å²) in [5, 5.41) is 10.9. The fraction of sp³-hybridized carbons (Fsp3) is 0.440. The van der Waals surface area contributed by atoms with Crippen LogP contribution in [0.2, 0.25) is 0 Å². The summed E-state index contributed by atoms with van der Waals surface area (Å²) < 4.78 is 24.5. The third-order valence-corrected chi connectivity index (χ3v) is 6.08. The van der Waals surface area contributed by atoms with E-state index in [1.54, 1.807) is 17.8 Å². The lowest BCUT2D eigenvalue weighted by Gasteiger charge is -2.44. The van der Waals surface area contributed by atoms with E-state index in [1.807, 2.05) is 67.6 Å². The summed E-state index contributed by atoms with van der Waals surface area (Å²) in [4.78, 5) is 0. The van der Waals surface area contributed by atoms with Crippen molar-refractivity contribution in [2.75, 3.05) is 19.0 Å². The lowest BCUT2D eigenvalue weighted by atomic mass is 9.99. The molecule has 1 N–H and O–H groups in total. The van der Waals surface area contributed by atoms with Crippen molar-refractivity contribution < 1.29 is 24.1 Å². The number of hydrogen-bond acceptors (Lipinski definition) is 6. The van der Waals surface area contributed by atoms with Crippen LogP contribution in [-0.4, -0.2) is 53.9 Å². The highest BCUT2D eigenvalue weighted by atomic mass is 32.2. The molecule has 0 amide bonds. The highest BCUT2D eigenvalue weighted by molar-refractivity contribution is 7.99. The lowest BCUT2D eigenvalue weighted by Crippen LogP contribution is -2.59. The van der Waals surface area contributed by atoms with Gasteiger partial charge in [0.25, 0.3) is 0 Å². The van der Waals surface area contributed by atoms with Crippen molar-refractivity contribution in [1.29, 1.82) is 0 Å². The maximum Gasteiger partial charge on any atom is 0.132 e. The Kier molecular flexibility index (Phi) is 10.1. The van der Waals surface area contributed by atoms with Gasteiger partial charge < -0.3 is 24.1 Å². The van der Waals surface area contributed by atoms with E-state index < -0.39 is 23.7 Å². The zero-order valence-electron chi connectivity index (χ0n) is 18.0. The highest BCUT2D eigenvalue weighted by Crippen LogP contribution is 2.32. The molecule has 2 aromatic carbocycles. The van der Waals surface area contributed by atoms with Crippen LogP contribution in [0.1, 0.15) is 18.1 Å². The van der Waals surface area contributed by atoms with Gasteiger partial charge in [-0.25, -0.2) is 0 Å². The van der Waals surface area contributed by atoms with E-state index in [0.29, 0.717) is 26.4 Å². The van der Waals surface area contributed by atoms with Crippen molar-refractivity contribution in [2.45, 2.75) is 50.0 Å². The first kappa shape index (κ1) is 24.0. The quantitative estimate of drug-likeness (QED) is 0.495. The smallest absolute Gasteiger partial charge is 0.132 e. The third kappa shape index (κ3) is 7.17. The van der Waals surface area contributed by atoms with Crippen LogP contribution >= 0.6 is 11.8 Å². The Balaban J connectivity index is 1.72. The van der Waals surface area contributed by atoms with Crippen molar-refractivity contribution >= 4 is 11.8 Å². The summed E-state index contributed by atoms with van der Waals surface area (Å²) >= 11 is 1.56. The van der Waals surface area contributed by atoms with Crippen LogP contribution in [-0.2, 0) is 32.2 Å². The topological polar surface area (TPSA) is 57.2 Å². The van der Waals surface area contributed by atoms with Crippen molar-refractivity contribution in [2.24, 2.45) is 0 Å². The van der Waals surface area contributed by atoms with E-state index in [4.69, 9.17) is 18.9 Å². The summed E-state index contributed by atoms with van der Waals surface area (Å²) in [7, 11) is 0. The normalized spacial score (nSPS) is 25.9. The number of benzene rings is 2. The predicted molar refractivity (Wildman–Crippen MR) is 124 cm³/mol. The minimum atomic E-state index is -0.809. The van der Waals surface area contributed by atoms with Crippen LogP contribution in [0, 0.1) is 0 Å². The van der Waals surface area contributed by atoms with E-state index in [1.165, 1.54) is 0 Å². The van der Waals surface area contributed by atoms with Crippen molar-refractivity contribution in [1.82, 2.24) is 0 Å². The zero-order chi connectivity index (χ0) is 21.9. The summed E-state index contributed by atoms with van der Waals surface area (Å²) in [6.45, 7) is 7.33. The minimum Gasteiger partial charge on any atom is -0.387 e. The van der Waals surface area contributed by atoms with Gasteiger partial charge in [0.2, 0.25) is 0 Å². The molecule has 0 radical (unpaired) electrons. The van der Waals surface area contributed by atoms with Crippen molar-refractivity contribution in [3.8, 4) is 0 Å². The number of aliphatic hydroxyl groups excluding tert-OH is 1. The summed E-state index contributed by atoms with van der Waals surface area (Å²) in [6.07, 6.45) is -0.505. The molecule has 1 aliphatic rings. The third-order valence-electron chi connectivity index (χ3n) is 5.03. The molecule has 0 spiro atoms. The second-order valence-electron chi connectivity index (χ2n) is 7.34. The molecular weight excluding hydrogens is 412 g/mol. The summed E-state index contributed by atoms with van der Waals surface area (Å²) in [6, 6.07) is 20.0. The first-order chi connectivity index (χ1) is 15.2. The van der Waals surface area contributed by atoms with Gasteiger partial charge in [-0.2, -0.15) is 0 Å². The van der Waals surface area contributed by atoms with Crippen LogP contribution in [0.4, 0.5) is 0 Å². The molecule has 1 fully saturated rings. The Morgan fingerprint density at radius 3 is 2.23 bits per heavy atom. The number of aliphatic hydroxyl groups is 1. The average Bonchev–Trinajstić information content (AvgIpc) is 2.80. The summed E-state index contributed by atoms with van der Waals surface area (Å²) in [5.74, 6) is 0.822. The molecule has 5 nitrogen and oxygen atoms in total. The molecule has 1 saturated heterocycles. The maximum atomic E-state index is 10.9. The Hall–Kier alpha value is -1.67. The Morgan fingerprint density at radius 1 is 0.968 bits per heavy atom. The van der Waals surface area contributed by atoms with E-state index in [2.05, 4.69) is 6.58 Å². The van der Waals surface area contributed by atoms with Gasteiger partial charge in [-0.3, -0.25) is 0 Å². The molecule has 6 heteroatoms. The highest BCUT2D eigenvalue weighted by Gasteiger charge is 2.46. The second kappa shape index (κ2) is 13.0. The van der Waals surface area contributed by atoms with E-state index in [-0.39, 0.29) is 6.10 Å². The molecule has 1 heterocycles. The van der Waals surface area contributed by atoms with Gasteiger partial charge in [0, 0.05) is 0 Å². The molecule has 3 rings (SSSR count).